The Kier molecular flexibility index (Phi) is 32.7. The quantitative estimate of drug-likeness (QED) is 0.110. The summed E-state index contributed by atoms with van der Waals surface area (Å²) in [5.41, 5.74) is 7.97. The Morgan fingerprint density at radius 1 is 0.510 bits per heavy atom. The van der Waals surface area contributed by atoms with Crippen molar-refractivity contribution in [2.45, 2.75) is 69.8 Å². The van der Waals surface area contributed by atoms with Crippen LogP contribution in [0.4, 0.5) is 17.3 Å². The van der Waals surface area contributed by atoms with Crippen LogP contribution in [0, 0.1) is 13.8 Å². The van der Waals surface area contributed by atoms with Crippen molar-refractivity contribution in [1.29, 1.82) is 0 Å². The van der Waals surface area contributed by atoms with Crippen LogP contribution in [-0.2, 0) is 88.3 Å². The molecule has 51 heavy (non-hydrogen) atoms. The SMILES string of the molecule is Cc1ccc(C(C)C)cc1.Cc1ccc(C(C)C)cc1.F[B-](F)(F)F.Oc1ccc([S-])cc1.[Ru+2].[Ru+2].[S-]Cc1ccccc1.[S-]Cc1ccccc1. The van der Waals surface area contributed by atoms with Gasteiger partial charge in [-0.2, -0.15) is 16.4 Å². The molecule has 0 fully saturated rings. The molecular formula is C40H47BF4ORu2S3. The molecule has 5 aromatic rings. The van der Waals surface area contributed by atoms with Gasteiger partial charge >= 0.3 is 46.2 Å². The molecule has 0 unspecified atom stereocenters. The van der Waals surface area contributed by atoms with Gasteiger partial charge in [-0.1, -0.05) is 171 Å². The van der Waals surface area contributed by atoms with E-state index >= 15 is 0 Å². The normalized spacial score (nSPS) is 9.53. The molecule has 0 aliphatic rings. The molecular weight excluding hydrogens is 882 g/mol. The summed E-state index contributed by atoms with van der Waals surface area (Å²) in [6.45, 7) is 13.1. The first-order valence-electron chi connectivity index (χ1n) is 15.8. The van der Waals surface area contributed by atoms with Gasteiger partial charge in [-0.05, 0) is 48.9 Å². The van der Waals surface area contributed by atoms with E-state index in [-0.39, 0.29) is 44.7 Å². The van der Waals surface area contributed by atoms with Gasteiger partial charge < -0.3 is 60.3 Å². The van der Waals surface area contributed by atoms with E-state index in [9.17, 15) is 17.3 Å². The Morgan fingerprint density at radius 3 is 0.980 bits per heavy atom. The largest absolute Gasteiger partial charge is 2.00 e. The van der Waals surface area contributed by atoms with Gasteiger partial charge in [-0.3, -0.25) is 0 Å². The van der Waals surface area contributed by atoms with Crippen molar-refractivity contribution >= 4 is 45.1 Å². The third kappa shape index (κ3) is 32.3. The van der Waals surface area contributed by atoms with E-state index in [2.05, 4.69) is 90.1 Å². The topological polar surface area (TPSA) is 20.2 Å². The molecule has 0 radical (unpaired) electrons. The van der Waals surface area contributed by atoms with Crippen LogP contribution in [0.3, 0.4) is 0 Å². The number of aryl methyl sites for hydroxylation is 2. The molecule has 0 amide bonds. The maximum Gasteiger partial charge on any atom is 2.00 e. The van der Waals surface area contributed by atoms with E-state index < -0.39 is 7.25 Å². The van der Waals surface area contributed by atoms with E-state index in [4.69, 9.17) is 43.0 Å². The minimum atomic E-state index is -6.00. The minimum Gasteiger partial charge on any atom is -0.788 e. The Balaban J connectivity index is -0.000000544. The first-order chi connectivity index (χ1) is 23.0. The fourth-order valence-electron chi connectivity index (χ4n) is 3.50. The van der Waals surface area contributed by atoms with Crippen molar-refractivity contribution in [3.05, 3.63) is 167 Å². The Morgan fingerprint density at radius 2 is 0.784 bits per heavy atom. The molecule has 0 saturated heterocycles. The monoisotopic (exact) mass is 930 g/mol. The molecule has 0 bridgehead atoms. The van der Waals surface area contributed by atoms with Crippen LogP contribution in [0.25, 0.3) is 0 Å². The second-order valence-electron chi connectivity index (χ2n) is 11.4. The standard InChI is InChI=1S/2C10H14.2C7H8S.C6H6OS.BF4.2Ru/c2*1-8(2)10-6-4-9(3)5-7-10;2*8-6-7-4-2-1-3-5-7;7-5-1-3-6(8)4-2-5;2-1(3,4)5;;/h2*4-8H,1-3H3;2*1-5,8H,6H2;1-4,7-8H;;;/q;;;;;-1;2*+2/p-3. The number of halogens is 4. The summed E-state index contributed by atoms with van der Waals surface area (Å²) in [6, 6.07) is 44.1. The number of phenols is 1. The van der Waals surface area contributed by atoms with Crippen molar-refractivity contribution < 1.29 is 61.3 Å². The molecule has 0 aromatic heterocycles. The van der Waals surface area contributed by atoms with Gasteiger partial charge in [0, 0.05) is 0 Å². The van der Waals surface area contributed by atoms with Gasteiger partial charge in [0.1, 0.15) is 5.75 Å². The first-order valence-corrected chi connectivity index (χ1v) is 17.3. The van der Waals surface area contributed by atoms with Gasteiger partial charge in [-0.25, -0.2) is 0 Å². The summed E-state index contributed by atoms with van der Waals surface area (Å²) in [4.78, 5) is 0.753. The zero-order valence-electron chi connectivity index (χ0n) is 29.7. The van der Waals surface area contributed by atoms with Gasteiger partial charge in [-0.15, -0.1) is 0 Å². The zero-order chi connectivity index (χ0) is 37.2. The van der Waals surface area contributed by atoms with Crippen molar-refractivity contribution in [1.82, 2.24) is 0 Å². The van der Waals surface area contributed by atoms with E-state index in [1.165, 1.54) is 33.4 Å². The van der Waals surface area contributed by atoms with Crippen LogP contribution < -0.4 is 0 Å². The Bertz CT molecular complexity index is 1380. The van der Waals surface area contributed by atoms with Crippen molar-refractivity contribution in [3.63, 3.8) is 0 Å². The van der Waals surface area contributed by atoms with Crippen LogP contribution >= 0.6 is 0 Å². The Hall–Kier alpha value is -2.15. The smallest absolute Gasteiger partial charge is 0.788 e. The summed E-state index contributed by atoms with van der Waals surface area (Å²) in [6.07, 6.45) is 0. The number of rotatable bonds is 4. The predicted octanol–water partition coefficient (Wildman–Crippen LogP) is 12.3. The van der Waals surface area contributed by atoms with Crippen LogP contribution in [0.1, 0.15) is 72.9 Å². The molecule has 0 heterocycles. The third-order valence-electron chi connectivity index (χ3n) is 6.34. The van der Waals surface area contributed by atoms with Crippen LogP contribution in [0.15, 0.2) is 138 Å². The van der Waals surface area contributed by atoms with E-state index in [1.54, 1.807) is 24.3 Å². The fraction of sp³-hybridized carbons (Fsp3) is 0.250. The molecule has 278 valence electrons. The van der Waals surface area contributed by atoms with E-state index in [1.807, 2.05) is 60.7 Å². The van der Waals surface area contributed by atoms with Gasteiger partial charge in [0.05, 0.1) is 0 Å². The number of hydrogen-bond donors (Lipinski definition) is 1. The van der Waals surface area contributed by atoms with Crippen molar-refractivity contribution in [3.8, 4) is 5.75 Å². The van der Waals surface area contributed by atoms with Crippen molar-refractivity contribution in [2.75, 3.05) is 0 Å². The maximum atomic E-state index is 9.75. The number of aromatic hydroxyl groups is 1. The second-order valence-corrected chi connectivity index (χ2v) is 12.4. The summed E-state index contributed by atoms with van der Waals surface area (Å²) >= 11 is 14.4. The van der Waals surface area contributed by atoms with Crippen LogP contribution in [0.2, 0.25) is 0 Å². The zero-order valence-corrected chi connectivity index (χ0v) is 35.7. The average Bonchev–Trinajstić information content (AvgIpc) is 3.08. The number of benzene rings is 5. The maximum absolute atomic E-state index is 9.75. The molecule has 0 atom stereocenters. The summed E-state index contributed by atoms with van der Waals surface area (Å²) in [5.74, 6) is 3.02. The molecule has 1 nitrogen and oxygen atoms in total. The number of hydrogen-bond acceptors (Lipinski definition) is 4. The predicted molar refractivity (Wildman–Crippen MR) is 209 cm³/mol. The molecule has 1 N–H and O–H groups in total. The van der Waals surface area contributed by atoms with Crippen molar-refractivity contribution in [2.24, 2.45) is 0 Å². The molecule has 0 saturated carbocycles. The molecule has 0 aliphatic carbocycles. The summed E-state index contributed by atoms with van der Waals surface area (Å²) < 4.78 is 39.0. The molecule has 5 aromatic carbocycles. The fourth-order valence-corrected chi connectivity index (χ4v) is 4.02. The van der Waals surface area contributed by atoms with Gasteiger partial charge in [0.25, 0.3) is 0 Å². The number of phenolic OH excluding ortho intramolecular Hbond substituents is 1. The molecule has 11 heteroatoms. The van der Waals surface area contributed by atoms with E-state index in [0.717, 1.165) is 16.4 Å². The molecule has 0 aliphatic heterocycles. The third-order valence-corrected chi connectivity index (χ3v) is 7.28. The summed E-state index contributed by atoms with van der Waals surface area (Å²) in [7, 11) is -6.00. The Labute approximate surface area is 346 Å². The van der Waals surface area contributed by atoms with E-state index in [0.29, 0.717) is 11.8 Å². The van der Waals surface area contributed by atoms with Gasteiger partial charge in [0.15, 0.2) is 0 Å². The minimum absolute atomic E-state index is 0. The summed E-state index contributed by atoms with van der Waals surface area (Å²) in [5, 5.41) is 8.71. The van der Waals surface area contributed by atoms with Crippen LogP contribution in [0.5, 0.6) is 5.75 Å². The molecule has 0 spiro atoms. The van der Waals surface area contributed by atoms with Crippen LogP contribution in [-0.4, -0.2) is 12.4 Å². The molecule has 5 rings (SSSR count). The average molecular weight is 929 g/mol. The van der Waals surface area contributed by atoms with Gasteiger partial charge in [0.2, 0.25) is 0 Å². The second kappa shape index (κ2) is 31.4. The first kappa shape index (κ1) is 53.2.